The van der Waals surface area contributed by atoms with Gasteiger partial charge in [-0.05, 0) is 29.8 Å². The van der Waals surface area contributed by atoms with Gasteiger partial charge >= 0.3 is 12.4 Å². The molecule has 0 N–H and O–H groups in total. The molecule has 0 amide bonds. The molecule has 0 heterocycles. The van der Waals surface area contributed by atoms with Gasteiger partial charge in [-0.15, -0.1) is 0 Å². The molecular weight excluding hydrogens is 350 g/mol. The van der Waals surface area contributed by atoms with Crippen LogP contribution in [-0.2, 0) is 17.1 Å². The average molecular weight is 360 g/mol. The van der Waals surface area contributed by atoms with Crippen LogP contribution in [0.4, 0.5) is 26.3 Å². The van der Waals surface area contributed by atoms with Gasteiger partial charge in [0.15, 0.2) is 5.78 Å². The largest absolute Gasteiger partial charge is 0.416 e. The van der Waals surface area contributed by atoms with E-state index in [0.717, 1.165) is 36.4 Å². The lowest BCUT2D eigenvalue weighted by atomic mass is 9.91. The maximum atomic E-state index is 12.5. The highest BCUT2D eigenvalue weighted by Gasteiger charge is 2.32. The first kappa shape index (κ1) is 18.7. The number of carbonyl (C=O) groups is 2. The van der Waals surface area contributed by atoms with Gasteiger partial charge in [-0.25, -0.2) is 0 Å². The molecule has 2 aromatic rings. The molecule has 1 atom stereocenters. The third-order valence-electron chi connectivity index (χ3n) is 3.51. The van der Waals surface area contributed by atoms with Gasteiger partial charge in [-0.1, -0.05) is 24.3 Å². The van der Waals surface area contributed by atoms with Gasteiger partial charge in [0.25, 0.3) is 0 Å². The summed E-state index contributed by atoms with van der Waals surface area (Å²) >= 11 is 0. The lowest BCUT2D eigenvalue weighted by Gasteiger charge is -2.13. The minimum absolute atomic E-state index is 0.0212. The monoisotopic (exact) mass is 360 g/mol. The van der Waals surface area contributed by atoms with Gasteiger partial charge in [0, 0.05) is 5.56 Å². The maximum absolute atomic E-state index is 12.5. The zero-order valence-electron chi connectivity index (χ0n) is 12.4. The molecule has 0 fully saturated rings. The van der Waals surface area contributed by atoms with Gasteiger partial charge in [-0.3, -0.25) is 4.79 Å². The summed E-state index contributed by atoms with van der Waals surface area (Å²) < 4.78 is 75.1. The quantitative estimate of drug-likeness (QED) is 0.337. The molecule has 0 aliphatic heterocycles. The third-order valence-corrected chi connectivity index (χ3v) is 3.51. The van der Waals surface area contributed by atoms with E-state index in [-0.39, 0.29) is 17.4 Å². The molecule has 2 aromatic carbocycles. The Hall–Kier alpha value is -2.64. The van der Waals surface area contributed by atoms with E-state index in [2.05, 4.69) is 0 Å². The Morgan fingerprint density at radius 3 is 1.52 bits per heavy atom. The first-order chi connectivity index (χ1) is 11.5. The van der Waals surface area contributed by atoms with Crippen LogP contribution < -0.4 is 0 Å². The Bertz CT molecular complexity index is 758. The van der Waals surface area contributed by atoms with E-state index in [9.17, 15) is 35.9 Å². The van der Waals surface area contributed by atoms with Crippen molar-refractivity contribution in [2.45, 2.75) is 18.3 Å². The van der Waals surface area contributed by atoms with Crippen LogP contribution in [0.5, 0.6) is 0 Å². The highest BCUT2D eigenvalue weighted by Crippen LogP contribution is 2.32. The molecule has 8 heteroatoms. The number of alkyl halides is 6. The van der Waals surface area contributed by atoms with Crippen molar-refractivity contribution in [3.05, 3.63) is 70.8 Å². The number of ketones is 1. The third kappa shape index (κ3) is 4.26. The molecule has 0 aromatic heterocycles. The number of carbonyl (C=O) groups excluding carboxylic acids is 2. The Morgan fingerprint density at radius 1 is 0.760 bits per heavy atom. The minimum Gasteiger partial charge on any atom is -0.302 e. The molecule has 0 aliphatic carbocycles. The van der Waals surface area contributed by atoms with Crippen molar-refractivity contribution in [1.29, 1.82) is 0 Å². The van der Waals surface area contributed by atoms with Gasteiger partial charge in [0.1, 0.15) is 12.2 Å². The SMILES string of the molecule is O=CC(C(=O)c1ccc(C(F)(F)F)cc1)c1ccc(C(F)(F)F)cc1. The van der Waals surface area contributed by atoms with Crippen LogP contribution in [-0.4, -0.2) is 12.1 Å². The smallest absolute Gasteiger partial charge is 0.302 e. The number of Topliss-reactive ketones (excluding diaryl/α,β-unsaturated/α-hetero) is 1. The van der Waals surface area contributed by atoms with Crippen molar-refractivity contribution in [3.8, 4) is 0 Å². The summed E-state index contributed by atoms with van der Waals surface area (Å²) in [6.07, 6.45) is -8.89. The summed E-state index contributed by atoms with van der Waals surface area (Å²) in [5.41, 5.74) is -2.03. The molecule has 2 rings (SSSR count). The lowest BCUT2D eigenvalue weighted by Crippen LogP contribution is -2.15. The predicted molar refractivity (Wildman–Crippen MR) is 76.0 cm³/mol. The number of aldehydes is 1. The van der Waals surface area contributed by atoms with Crippen molar-refractivity contribution in [1.82, 2.24) is 0 Å². The van der Waals surface area contributed by atoms with E-state index in [4.69, 9.17) is 0 Å². The lowest BCUT2D eigenvalue weighted by molar-refractivity contribution is -0.138. The van der Waals surface area contributed by atoms with Crippen LogP contribution in [0.1, 0.15) is 33.0 Å². The van der Waals surface area contributed by atoms with Crippen molar-refractivity contribution in [3.63, 3.8) is 0 Å². The minimum atomic E-state index is -4.57. The topological polar surface area (TPSA) is 34.1 Å². The van der Waals surface area contributed by atoms with Gasteiger partial charge in [-0.2, -0.15) is 26.3 Å². The summed E-state index contributed by atoms with van der Waals surface area (Å²) in [5.74, 6) is -2.21. The second-order valence-electron chi connectivity index (χ2n) is 5.17. The normalized spacial score (nSPS) is 13.4. The fraction of sp³-hybridized carbons (Fsp3) is 0.176. The van der Waals surface area contributed by atoms with E-state index in [0.29, 0.717) is 12.1 Å². The zero-order chi connectivity index (χ0) is 18.8. The van der Waals surface area contributed by atoms with E-state index >= 15 is 0 Å². The molecule has 0 spiro atoms. The van der Waals surface area contributed by atoms with E-state index in [1.165, 1.54) is 0 Å². The van der Waals surface area contributed by atoms with Gasteiger partial charge in [0.05, 0.1) is 11.1 Å². The van der Waals surface area contributed by atoms with Crippen molar-refractivity contribution in [2.75, 3.05) is 0 Å². The summed E-state index contributed by atoms with van der Waals surface area (Å²) in [4.78, 5) is 23.5. The molecule has 0 saturated carbocycles. The Kier molecular flexibility index (Phi) is 5.01. The zero-order valence-corrected chi connectivity index (χ0v) is 12.4. The molecule has 2 nitrogen and oxygen atoms in total. The van der Waals surface area contributed by atoms with E-state index < -0.39 is 35.2 Å². The second-order valence-corrected chi connectivity index (χ2v) is 5.17. The number of halogens is 6. The van der Waals surface area contributed by atoms with Crippen molar-refractivity contribution < 1.29 is 35.9 Å². The first-order valence-corrected chi connectivity index (χ1v) is 6.88. The number of hydrogen-bond acceptors (Lipinski definition) is 2. The van der Waals surface area contributed by atoms with Crippen LogP contribution in [0.2, 0.25) is 0 Å². The molecule has 0 aliphatic rings. The Morgan fingerprint density at radius 2 is 1.16 bits per heavy atom. The maximum Gasteiger partial charge on any atom is 0.416 e. The summed E-state index contributed by atoms with van der Waals surface area (Å²) in [5, 5.41) is 0. The van der Waals surface area contributed by atoms with Crippen LogP contribution in [0.25, 0.3) is 0 Å². The molecule has 0 saturated heterocycles. The molecule has 0 bridgehead atoms. The summed E-state index contributed by atoms with van der Waals surface area (Å²) in [7, 11) is 0. The Balaban J connectivity index is 2.28. The van der Waals surface area contributed by atoms with E-state index in [1.807, 2.05) is 0 Å². The first-order valence-electron chi connectivity index (χ1n) is 6.88. The molecule has 1 unspecified atom stereocenters. The molecule has 0 radical (unpaired) electrons. The van der Waals surface area contributed by atoms with Crippen molar-refractivity contribution in [2.24, 2.45) is 0 Å². The van der Waals surface area contributed by atoms with Crippen LogP contribution >= 0.6 is 0 Å². The van der Waals surface area contributed by atoms with Gasteiger partial charge in [0.2, 0.25) is 0 Å². The van der Waals surface area contributed by atoms with Crippen LogP contribution in [0.3, 0.4) is 0 Å². The Labute approximate surface area is 138 Å². The highest BCUT2D eigenvalue weighted by atomic mass is 19.4. The summed E-state index contributed by atoms with van der Waals surface area (Å²) in [6.45, 7) is 0. The van der Waals surface area contributed by atoms with Crippen LogP contribution in [0.15, 0.2) is 48.5 Å². The standard InChI is InChI=1S/C17H10F6O2/c18-16(19,20)12-5-1-10(2-6-12)14(9-24)15(25)11-3-7-13(8-4-11)17(21,22)23/h1-9,14H. The predicted octanol–water partition coefficient (Wildman–Crippen LogP) is 4.89. The number of rotatable bonds is 4. The molecule has 132 valence electrons. The van der Waals surface area contributed by atoms with E-state index in [1.54, 1.807) is 0 Å². The molecule has 25 heavy (non-hydrogen) atoms. The second kappa shape index (κ2) is 6.70. The van der Waals surface area contributed by atoms with Crippen molar-refractivity contribution >= 4 is 12.1 Å². The highest BCUT2D eigenvalue weighted by molar-refractivity contribution is 6.09. The number of benzene rings is 2. The average Bonchev–Trinajstić information content (AvgIpc) is 2.54. The fourth-order valence-corrected chi connectivity index (χ4v) is 2.17. The fourth-order valence-electron chi connectivity index (χ4n) is 2.17. The summed E-state index contributed by atoms with van der Waals surface area (Å²) in [6, 6.07) is 6.67. The van der Waals surface area contributed by atoms with Crippen LogP contribution in [0, 0.1) is 0 Å². The number of hydrogen-bond donors (Lipinski definition) is 0. The molecular formula is C17H10F6O2. The van der Waals surface area contributed by atoms with Gasteiger partial charge < -0.3 is 4.79 Å².